The molecule has 2 atom stereocenters. The Balaban J connectivity index is 1.29. The van der Waals surface area contributed by atoms with Crippen LogP contribution in [0.1, 0.15) is 19.3 Å². The van der Waals surface area contributed by atoms with Gasteiger partial charge < -0.3 is 20.6 Å². The van der Waals surface area contributed by atoms with Crippen LogP contribution in [0.25, 0.3) is 0 Å². The Labute approximate surface area is 167 Å². The summed E-state index contributed by atoms with van der Waals surface area (Å²) in [6.07, 6.45) is 8.07. The summed E-state index contributed by atoms with van der Waals surface area (Å²) in [5.41, 5.74) is 0.617. The van der Waals surface area contributed by atoms with Crippen LogP contribution in [0, 0.1) is 11.8 Å². The maximum absolute atomic E-state index is 12.2. The first kappa shape index (κ1) is 17.7. The zero-order valence-corrected chi connectivity index (χ0v) is 16.1. The average molecular weight is 404 g/mol. The molecule has 9 nitrogen and oxygen atoms in total. The SMILES string of the molecule is O=C(N[C@]12C[C@H]1CN(c1nc(Nc3cnn(CCO)c3)ncc1Cl)C2)C1CC1. The minimum absolute atomic E-state index is 0.0257. The van der Waals surface area contributed by atoms with Crippen LogP contribution in [-0.2, 0) is 11.3 Å². The van der Waals surface area contributed by atoms with Crippen molar-refractivity contribution < 1.29 is 9.90 Å². The number of nitrogens with one attached hydrogen (secondary N) is 2. The van der Waals surface area contributed by atoms with E-state index < -0.39 is 0 Å². The van der Waals surface area contributed by atoms with E-state index in [1.807, 2.05) is 0 Å². The number of aromatic nitrogens is 4. The van der Waals surface area contributed by atoms with E-state index in [9.17, 15) is 4.79 Å². The Hall–Kier alpha value is -2.39. The van der Waals surface area contributed by atoms with Gasteiger partial charge in [0, 0.05) is 31.1 Å². The molecule has 0 radical (unpaired) electrons. The quantitative estimate of drug-likeness (QED) is 0.636. The Morgan fingerprint density at radius 2 is 2.25 bits per heavy atom. The predicted molar refractivity (Wildman–Crippen MR) is 104 cm³/mol. The topological polar surface area (TPSA) is 108 Å². The lowest BCUT2D eigenvalue weighted by Gasteiger charge is -2.23. The summed E-state index contributed by atoms with van der Waals surface area (Å²) in [7, 11) is 0. The van der Waals surface area contributed by atoms with Gasteiger partial charge in [0.1, 0.15) is 5.02 Å². The number of halogens is 1. The predicted octanol–water partition coefficient (Wildman–Crippen LogP) is 1.17. The van der Waals surface area contributed by atoms with Crippen molar-refractivity contribution in [3.8, 4) is 0 Å². The second-order valence-electron chi connectivity index (χ2n) is 7.91. The van der Waals surface area contributed by atoms with Crippen LogP contribution in [0.15, 0.2) is 18.6 Å². The van der Waals surface area contributed by atoms with E-state index in [1.165, 1.54) is 0 Å². The molecule has 3 fully saturated rings. The first-order valence-corrected chi connectivity index (χ1v) is 9.94. The Morgan fingerprint density at radius 1 is 1.39 bits per heavy atom. The Bertz CT molecular complexity index is 915. The van der Waals surface area contributed by atoms with Gasteiger partial charge >= 0.3 is 0 Å². The number of carbonyl (C=O) groups excluding carboxylic acids is 1. The molecule has 0 aromatic carbocycles. The van der Waals surface area contributed by atoms with Gasteiger partial charge in [0.2, 0.25) is 11.9 Å². The molecule has 3 aliphatic rings. The number of fused-ring (bicyclic) bond motifs is 1. The lowest BCUT2D eigenvalue weighted by Crippen LogP contribution is -2.43. The number of amides is 1. The molecule has 148 valence electrons. The summed E-state index contributed by atoms with van der Waals surface area (Å²) in [6, 6.07) is 0. The van der Waals surface area contributed by atoms with Gasteiger partial charge in [0.05, 0.1) is 36.8 Å². The van der Waals surface area contributed by atoms with Crippen molar-refractivity contribution in [2.24, 2.45) is 11.8 Å². The summed E-state index contributed by atoms with van der Waals surface area (Å²) in [4.78, 5) is 23.2. The highest BCUT2D eigenvalue weighted by molar-refractivity contribution is 6.32. The highest BCUT2D eigenvalue weighted by Crippen LogP contribution is 2.51. The maximum atomic E-state index is 12.2. The highest BCUT2D eigenvalue weighted by atomic mass is 35.5. The minimum atomic E-state index is -0.118. The lowest BCUT2D eigenvalue weighted by molar-refractivity contribution is -0.123. The Morgan fingerprint density at radius 3 is 3.04 bits per heavy atom. The second-order valence-corrected chi connectivity index (χ2v) is 8.31. The molecule has 3 N–H and O–H groups in total. The van der Waals surface area contributed by atoms with Gasteiger partial charge in [0.25, 0.3) is 0 Å². The fourth-order valence-corrected chi connectivity index (χ4v) is 4.16. The van der Waals surface area contributed by atoms with Crippen LogP contribution in [0.2, 0.25) is 5.02 Å². The van der Waals surface area contributed by atoms with E-state index in [0.717, 1.165) is 38.0 Å². The van der Waals surface area contributed by atoms with Crippen molar-refractivity contribution in [1.82, 2.24) is 25.1 Å². The van der Waals surface area contributed by atoms with Gasteiger partial charge in [-0.15, -0.1) is 0 Å². The molecule has 1 saturated heterocycles. The monoisotopic (exact) mass is 403 g/mol. The van der Waals surface area contributed by atoms with Gasteiger partial charge in [-0.2, -0.15) is 10.1 Å². The van der Waals surface area contributed by atoms with E-state index in [0.29, 0.717) is 29.3 Å². The van der Waals surface area contributed by atoms with Crippen LogP contribution in [0.5, 0.6) is 0 Å². The number of anilines is 3. The number of nitrogens with zero attached hydrogens (tertiary/aromatic N) is 5. The Kier molecular flexibility index (Phi) is 4.17. The molecule has 0 bridgehead atoms. The fourth-order valence-electron chi connectivity index (χ4n) is 3.95. The van der Waals surface area contributed by atoms with Crippen molar-refractivity contribution in [2.75, 3.05) is 29.9 Å². The average Bonchev–Trinajstić information content (AvgIpc) is 3.56. The normalized spacial score (nSPS) is 25.5. The smallest absolute Gasteiger partial charge is 0.229 e. The number of rotatable bonds is 7. The third kappa shape index (κ3) is 3.29. The molecule has 1 aliphatic heterocycles. The van der Waals surface area contributed by atoms with E-state index >= 15 is 0 Å². The van der Waals surface area contributed by atoms with E-state index in [4.69, 9.17) is 16.7 Å². The van der Waals surface area contributed by atoms with E-state index in [-0.39, 0.29) is 24.0 Å². The molecule has 5 rings (SSSR count). The second kappa shape index (κ2) is 6.59. The highest BCUT2D eigenvalue weighted by Gasteiger charge is 2.62. The summed E-state index contributed by atoms with van der Waals surface area (Å²) >= 11 is 6.37. The molecule has 3 heterocycles. The molecule has 0 spiro atoms. The third-order valence-corrected chi connectivity index (χ3v) is 5.98. The standard InChI is InChI=1S/C18H22ClN7O2/c19-14-7-20-17(22-13-6-21-26(9-13)3-4-27)23-15(14)25-8-12-5-18(12,10-25)24-16(28)11-1-2-11/h6-7,9,11-12,27H,1-5,8,10H2,(H,24,28)(H,20,22,23)/t12-,18-/m0/s1. The zero-order valence-electron chi connectivity index (χ0n) is 15.3. The summed E-state index contributed by atoms with van der Waals surface area (Å²) in [5.74, 6) is 1.97. The molecule has 0 unspecified atom stereocenters. The molecule has 2 aliphatic carbocycles. The summed E-state index contributed by atoms with van der Waals surface area (Å²) in [5, 5.41) is 20.0. The van der Waals surface area contributed by atoms with Crippen molar-refractivity contribution in [2.45, 2.75) is 31.3 Å². The first-order valence-electron chi connectivity index (χ1n) is 9.56. The number of aliphatic hydroxyl groups excluding tert-OH is 1. The van der Waals surface area contributed by atoms with Crippen molar-refractivity contribution >= 4 is 35.0 Å². The van der Waals surface area contributed by atoms with Gasteiger partial charge in [-0.3, -0.25) is 9.48 Å². The van der Waals surface area contributed by atoms with Gasteiger partial charge in [-0.1, -0.05) is 11.6 Å². The molecule has 10 heteroatoms. The van der Waals surface area contributed by atoms with Crippen LogP contribution in [0.3, 0.4) is 0 Å². The van der Waals surface area contributed by atoms with Crippen molar-refractivity contribution in [1.29, 1.82) is 0 Å². The van der Waals surface area contributed by atoms with E-state index in [2.05, 4.69) is 30.6 Å². The number of hydrogen-bond acceptors (Lipinski definition) is 7. The van der Waals surface area contributed by atoms with Crippen LogP contribution >= 0.6 is 11.6 Å². The number of piperidine rings is 1. The van der Waals surface area contributed by atoms with Gasteiger partial charge in [-0.25, -0.2) is 4.98 Å². The molecule has 2 aromatic heterocycles. The van der Waals surface area contributed by atoms with Gasteiger partial charge in [-0.05, 0) is 19.3 Å². The van der Waals surface area contributed by atoms with Crippen molar-refractivity contribution in [3.63, 3.8) is 0 Å². The lowest BCUT2D eigenvalue weighted by atomic mass is 10.2. The van der Waals surface area contributed by atoms with E-state index in [1.54, 1.807) is 23.3 Å². The number of carbonyl (C=O) groups is 1. The number of aliphatic hydroxyl groups is 1. The number of hydrogen-bond donors (Lipinski definition) is 3. The summed E-state index contributed by atoms with van der Waals surface area (Å²) < 4.78 is 1.64. The molecule has 2 aromatic rings. The van der Waals surface area contributed by atoms with Gasteiger partial charge in [0.15, 0.2) is 5.82 Å². The van der Waals surface area contributed by atoms with Crippen molar-refractivity contribution in [3.05, 3.63) is 23.6 Å². The first-order chi connectivity index (χ1) is 13.6. The maximum Gasteiger partial charge on any atom is 0.229 e. The van der Waals surface area contributed by atoms with Crippen LogP contribution in [0.4, 0.5) is 17.5 Å². The molecule has 2 saturated carbocycles. The molecule has 28 heavy (non-hydrogen) atoms. The molecule has 1 amide bonds. The van der Waals surface area contributed by atoms with Crippen LogP contribution in [-0.4, -0.2) is 56.0 Å². The minimum Gasteiger partial charge on any atom is -0.394 e. The fraction of sp³-hybridized carbons (Fsp3) is 0.556. The van der Waals surface area contributed by atoms with Crippen LogP contribution < -0.4 is 15.5 Å². The zero-order chi connectivity index (χ0) is 19.3. The molecular weight excluding hydrogens is 382 g/mol. The largest absolute Gasteiger partial charge is 0.394 e. The molecular formula is C18H22ClN7O2. The third-order valence-electron chi connectivity index (χ3n) is 5.71. The summed E-state index contributed by atoms with van der Waals surface area (Å²) in [6.45, 7) is 2.01.